The van der Waals surface area contributed by atoms with Gasteiger partial charge in [-0.15, -0.1) is 0 Å². The van der Waals surface area contributed by atoms with E-state index >= 15 is 0 Å². The Morgan fingerprint density at radius 2 is 2.07 bits per heavy atom. The molecule has 1 aromatic carbocycles. The number of ether oxygens (including phenoxy) is 2. The molecule has 0 aliphatic rings. The van der Waals surface area contributed by atoms with E-state index in [1.54, 1.807) is 26.6 Å². The van der Waals surface area contributed by atoms with E-state index in [-0.39, 0.29) is 0 Å². The molecule has 15 heavy (non-hydrogen) atoms. The lowest BCUT2D eigenvalue weighted by Crippen LogP contribution is -1.91. The second kappa shape index (κ2) is 4.04. The van der Waals surface area contributed by atoms with Crippen molar-refractivity contribution in [2.75, 3.05) is 14.2 Å². The van der Waals surface area contributed by atoms with Crippen LogP contribution in [-0.4, -0.2) is 24.2 Å². The Kier molecular flexibility index (Phi) is 2.58. The van der Waals surface area contributed by atoms with E-state index in [0.29, 0.717) is 0 Å². The fraction of sp³-hybridized carbons (Fsp3) is 0.182. The van der Waals surface area contributed by atoms with E-state index in [1.165, 1.54) is 0 Å². The minimum Gasteiger partial charge on any atom is -0.497 e. The van der Waals surface area contributed by atoms with Gasteiger partial charge in [0.05, 0.1) is 19.8 Å². The van der Waals surface area contributed by atoms with Crippen LogP contribution >= 0.6 is 0 Å². The van der Waals surface area contributed by atoms with Crippen molar-refractivity contribution in [1.82, 2.24) is 9.97 Å². The first-order valence-corrected chi connectivity index (χ1v) is 4.57. The van der Waals surface area contributed by atoms with Crippen LogP contribution in [0.5, 0.6) is 11.5 Å². The van der Waals surface area contributed by atoms with Gasteiger partial charge in [-0.25, -0.2) is 4.98 Å². The van der Waals surface area contributed by atoms with Gasteiger partial charge < -0.3 is 14.5 Å². The van der Waals surface area contributed by atoms with Gasteiger partial charge in [-0.2, -0.15) is 0 Å². The molecule has 0 unspecified atom stereocenters. The predicted molar refractivity (Wildman–Crippen MR) is 57.1 cm³/mol. The van der Waals surface area contributed by atoms with Crippen LogP contribution in [0.2, 0.25) is 0 Å². The molecule has 1 aromatic heterocycles. The number of aromatic nitrogens is 2. The molecule has 0 aliphatic heterocycles. The van der Waals surface area contributed by atoms with E-state index in [1.807, 2.05) is 18.2 Å². The standard InChI is InChI=1S/C11H12N2O2/c1-14-8-3-4-9(10(7-8)15-2)11-12-5-6-13-11/h3-7H,1-2H3,(H,12,13). The number of hydrogen-bond donors (Lipinski definition) is 1. The second-order valence-corrected chi connectivity index (χ2v) is 3.00. The number of nitrogens with one attached hydrogen (secondary N) is 1. The van der Waals surface area contributed by atoms with Gasteiger partial charge in [0.15, 0.2) is 0 Å². The quantitative estimate of drug-likeness (QED) is 0.832. The lowest BCUT2D eigenvalue weighted by atomic mass is 10.2. The normalized spacial score (nSPS) is 10.0. The van der Waals surface area contributed by atoms with Gasteiger partial charge in [0.1, 0.15) is 17.3 Å². The molecule has 0 atom stereocenters. The Balaban J connectivity index is 2.48. The van der Waals surface area contributed by atoms with E-state index in [0.717, 1.165) is 22.9 Å². The number of H-pyrrole nitrogens is 1. The number of imidazole rings is 1. The molecular formula is C11H12N2O2. The Bertz CT molecular complexity index is 438. The second-order valence-electron chi connectivity index (χ2n) is 3.00. The number of nitrogens with zero attached hydrogens (tertiary/aromatic N) is 1. The SMILES string of the molecule is COc1ccc(-c2ncc[nH]2)c(OC)c1. The highest BCUT2D eigenvalue weighted by molar-refractivity contribution is 5.65. The third-order valence-corrected chi connectivity index (χ3v) is 2.16. The van der Waals surface area contributed by atoms with Crippen LogP contribution < -0.4 is 9.47 Å². The number of hydrogen-bond acceptors (Lipinski definition) is 3. The van der Waals surface area contributed by atoms with Crippen molar-refractivity contribution in [2.45, 2.75) is 0 Å². The van der Waals surface area contributed by atoms with Crippen LogP contribution in [0, 0.1) is 0 Å². The summed E-state index contributed by atoms with van der Waals surface area (Å²) in [7, 11) is 3.25. The van der Waals surface area contributed by atoms with E-state index in [9.17, 15) is 0 Å². The highest BCUT2D eigenvalue weighted by Gasteiger charge is 2.08. The van der Waals surface area contributed by atoms with E-state index in [4.69, 9.17) is 9.47 Å². The molecule has 0 saturated carbocycles. The Morgan fingerprint density at radius 3 is 2.67 bits per heavy atom. The number of benzene rings is 1. The summed E-state index contributed by atoms with van der Waals surface area (Å²) in [4.78, 5) is 7.21. The summed E-state index contributed by atoms with van der Waals surface area (Å²) in [6.45, 7) is 0. The molecule has 1 N–H and O–H groups in total. The summed E-state index contributed by atoms with van der Waals surface area (Å²) in [5.41, 5.74) is 0.920. The van der Waals surface area contributed by atoms with Crippen LogP contribution in [0.15, 0.2) is 30.6 Å². The van der Waals surface area contributed by atoms with Gasteiger partial charge in [0, 0.05) is 18.5 Å². The average Bonchev–Trinajstić information content (AvgIpc) is 2.81. The highest BCUT2D eigenvalue weighted by Crippen LogP contribution is 2.30. The fourth-order valence-electron chi connectivity index (χ4n) is 1.41. The number of rotatable bonds is 3. The van der Waals surface area contributed by atoms with Crippen molar-refractivity contribution in [3.63, 3.8) is 0 Å². The Labute approximate surface area is 87.9 Å². The minimum atomic E-state index is 0.740. The third-order valence-electron chi connectivity index (χ3n) is 2.16. The zero-order chi connectivity index (χ0) is 10.7. The van der Waals surface area contributed by atoms with Crippen LogP contribution in [-0.2, 0) is 0 Å². The Hall–Kier alpha value is -1.97. The molecule has 4 heteroatoms. The number of methoxy groups -OCH3 is 2. The van der Waals surface area contributed by atoms with Crippen molar-refractivity contribution < 1.29 is 9.47 Å². The topological polar surface area (TPSA) is 47.1 Å². The van der Waals surface area contributed by atoms with Crippen LogP contribution in [0.25, 0.3) is 11.4 Å². The molecule has 0 spiro atoms. The van der Waals surface area contributed by atoms with Gasteiger partial charge in [0.2, 0.25) is 0 Å². The maximum atomic E-state index is 5.27. The van der Waals surface area contributed by atoms with Gasteiger partial charge in [-0.1, -0.05) is 0 Å². The van der Waals surface area contributed by atoms with Crippen molar-refractivity contribution in [2.24, 2.45) is 0 Å². The molecule has 0 bridgehead atoms. The lowest BCUT2D eigenvalue weighted by molar-refractivity contribution is 0.395. The first-order valence-electron chi connectivity index (χ1n) is 4.57. The van der Waals surface area contributed by atoms with Gasteiger partial charge in [-0.3, -0.25) is 0 Å². The van der Waals surface area contributed by atoms with E-state index in [2.05, 4.69) is 9.97 Å². The largest absolute Gasteiger partial charge is 0.497 e. The minimum absolute atomic E-state index is 0.740. The van der Waals surface area contributed by atoms with Gasteiger partial charge in [-0.05, 0) is 12.1 Å². The summed E-state index contributed by atoms with van der Waals surface area (Å²) in [5, 5.41) is 0. The highest BCUT2D eigenvalue weighted by atomic mass is 16.5. The van der Waals surface area contributed by atoms with Gasteiger partial charge >= 0.3 is 0 Å². The zero-order valence-corrected chi connectivity index (χ0v) is 8.65. The molecule has 0 aliphatic carbocycles. The van der Waals surface area contributed by atoms with E-state index < -0.39 is 0 Å². The maximum Gasteiger partial charge on any atom is 0.141 e. The van der Waals surface area contributed by atoms with Gasteiger partial charge in [0.25, 0.3) is 0 Å². The summed E-state index contributed by atoms with van der Waals surface area (Å²) in [6, 6.07) is 5.62. The van der Waals surface area contributed by atoms with Crippen molar-refractivity contribution in [3.8, 4) is 22.9 Å². The maximum absolute atomic E-state index is 5.27. The molecule has 2 rings (SSSR count). The molecule has 4 nitrogen and oxygen atoms in total. The predicted octanol–water partition coefficient (Wildman–Crippen LogP) is 2.09. The smallest absolute Gasteiger partial charge is 0.141 e. The molecule has 0 amide bonds. The first-order chi connectivity index (χ1) is 7.35. The van der Waals surface area contributed by atoms with Crippen molar-refractivity contribution in [3.05, 3.63) is 30.6 Å². The number of aromatic amines is 1. The molecule has 0 radical (unpaired) electrons. The molecule has 78 valence electrons. The lowest BCUT2D eigenvalue weighted by Gasteiger charge is -2.08. The molecular weight excluding hydrogens is 192 g/mol. The summed E-state index contributed by atoms with van der Waals surface area (Å²) in [5.74, 6) is 2.29. The third kappa shape index (κ3) is 1.79. The average molecular weight is 204 g/mol. The molecule has 2 aromatic rings. The monoisotopic (exact) mass is 204 g/mol. The van der Waals surface area contributed by atoms with Crippen LogP contribution in [0.1, 0.15) is 0 Å². The summed E-state index contributed by atoms with van der Waals surface area (Å²) < 4.78 is 10.4. The Morgan fingerprint density at radius 1 is 1.20 bits per heavy atom. The van der Waals surface area contributed by atoms with Crippen LogP contribution in [0.4, 0.5) is 0 Å². The molecule has 0 fully saturated rings. The molecule has 1 heterocycles. The zero-order valence-electron chi connectivity index (χ0n) is 8.65. The molecule has 0 saturated heterocycles. The van der Waals surface area contributed by atoms with Crippen LogP contribution in [0.3, 0.4) is 0 Å². The van der Waals surface area contributed by atoms with Crippen molar-refractivity contribution >= 4 is 0 Å². The summed E-state index contributed by atoms with van der Waals surface area (Å²) in [6.07, 6.45) is 3.48. The summed E-state index contributed by atoms with van der Waals surface area (Å²) >= 11 is 0. The first kappa shape index (κ1) is 9.58. The fourth-order valence-corrected chi connectivity index (χ4v) is 1.41. The van der Waals surface area contributed by atoms with Crippen molar-refractivity contribution in [1.29, 1.82) is 0 Å².